The Labute approximate surface area is 96.5 Å². The van der Waals surface area contributed by atoms with Gasteiger partial charge in [0.05, 0.1) is 6.10 Å². The second-order valence-corrected chi connectivity index (χ2v) is 4.44. The number of halogens is 2. The maximum absolute atomic E-state index is 13.3. The molecule has 0 amide bonds. The van der Waals surface area contributed by atoms with Crippen molar-refractivity contribution in [2.45, 2.75) is 18.9 Å². The van der Waals surface area contributed by atoms with E-state index in [2.05, 4.69) is 15.9 Å². The van der Waals surface area contributed by atoms with Crippen LogP contribution in [0.2, 0.25) is 0 Å². The van der Waals surface area contributed by atoms with Gasteiger partial charge >= 0.3 is 0 Å². The molecule has 0 radical (unpaired) electrons. The van der Waals surface area contributed by atoms with Crippen LogP contribution in [0.15, 0.2) is 22.7 Å². The maximum Gasteiger partial charge on any atom is 0.166 e. The fourth-order valence-corrected chi connectivity index (χ4v) is 1.88. The molecule has 2 rings (SSSR count). The van der Waals surface area contributed by atoms with E-state index in [0.29, 0.717) is 11.1 Å². The minimum atomic E-state index is -0.345. The summed E-state index contributed by atoms with van der Waals surface area (Å²) in [7, 11) is 0. The second-order valence-electron chi connectivity index (χ2n) is 3.52. The molecule has 0 spiro atoms. The molecule has 82 valence electrons. The van der Waals surface area contributed by atoms with Crippen LogP contribution in [0.25, 0.3) is 0 Å². The van der Waals surface area contributed by atoms with Gasteiger partial charge in [-0.2, -0.15) is 0 Å². The summed E-state index contributed by atoms with van der Waals surface area (Å²) < 4.78 is 24.8. The van der Waals surface area contributed by atoms with E-state index in [0.717, 1.165) is 19.4 Å². The summed E-state index contributed by atoms with van der Waals surface area (Å²) in [6.07, 6.45) is 2.18. The number of hydrogen-bond donors (Lipinski definition) is 0. The van der Waals surface area contributed by atoms with Crippen LogP contribution in [0.3, 0.4) is 0 Å². The van der Waals surface area contributed by atoms with Crippen LogP contribution >= 0.6 is 15.9 Å². The van der Waals surface area contributed by atoms with Crippen LogP contribution in [0, 0.1) is 5.82 Å². The maximum atomic E-state index is 13.3. The van der Waals surface area contributed by atoms with Gasteiger partial charge in [-0.3, -0.25) is 0 Å². The average Bonchev–Trinajstić information content (AvgIpc) is 2.69. The van der Waals surface area contributed by atoms with Crippen molar-refractivity contribution in [1.29, 1.82) is 0 Å². The molecule has 0 aromatic heterocycles. The van der Waals surface area contributed by atoms with Crippen LogP contribution in [-0.4, -0.2) is 19.3 Å². The summed E-state index contributed by atoms with van der Waals surface area (Å²) in [6.45, 7) is 1.22. The number of hydrogen-bond acceptors (Lipinski definition) is 2. The molecule has 4 heteroatoms. The molecule has 1 aliphatic heterocycles. The molecule has 1 saturated heterocycles. The Balaban J connectivity index is 1.92. The van der Waals surface area contributed by atoms with Gasteiger partial charge in [0.2, 0.25) is 0 Å². The molecule has 2 nitrogen and oxygen atoms in total. The first-order chi connectivity index (χ1) is 7.25. The van der Waals surface area contributed by atoms with Gasteiger partial charge in [0.25, 0.3) is 0 Å². The van der Waals surface area contributed by atoms with E-state index >= 15 is 0 Å². The molecule has 1 aromatic carbocycles. The molecule has 1 fully saturated rings. The average molecular weight is 275 g/mol. The molecule has 1 atom stereocenters. The minimum absolute atomic E-state index is 0.119. The van der Waals surface area contributed by atoms with Gasteiger partial charge in [-0.25, -0.2) is 4.39 Å². The SMILES string of the molecule is Fc1cc(Br)ccc1OCC1CCCO1. The summed E-state index contributed by atoms with van der Waals surface area (Å²) in [4.78, 5) is 0. The van der Waals surface area contributed by atoms with Gasteiger partial charge in [0, 0.05) is 11.1 Å². The first kappa shape index (κ1) is 10.9. The standard InChI is InChI=1S/C11H12BrFO2/c12-8-3-4-11(10(13)6-8)15-7-9-2-1-5-14-9/h3-4,6,9H,1-2,5,7H2. The minimum Gasteiger partial charge on any atom is -0.488 e. The molecule has 0 N–H and O–H groups in total. The Morgan fingerprint density at radius 2 is 2.40 bits per heavy atom. The third-order valence-corrected chi connectivity index (χ3v) is 2.84. The lowest BCUT2D eigenvalue weighted by Crippen LogP contribution is -2.16. The van der Waals surface area contributed by atoms with Crippen molar-refractivity contribution in [3.8, 4) is 5.75 Å². The Hall–Kier alpha value is -0.610. The summed E-state index contributed by atoms with van der Waals surface area (Å²) in [5, 5.41) is 0. The van der Waals surface area contributed by atoms with Crippen molar-refractivity contribution >= 4 is 15.9 Å². The van der Waals surface area contributed by atoms with Crippen molar-refractivity contribution in [3.05, 3.63) is 28.5 Å². The third kappa shape index (κ3) is 2.92. The zero-order chi connectivity index (χ0) is 10.7. The summed E-state index contributed by atoms with van der Waals surface area (Å²) in [5.74, 6) is -0.0592. The Bertz CT molecular complexity index is 337. The highest BCUT2D eigenvalue weighted by molar-refractivity contribution is 9.10. The van der Waals surface area contributed by atoms with Crippen LogP contribution in [0.4, 0.5) is 4.39 Å². The van der Waals surface area contributed by atoms with Gasteiger partial charge in [0.1, 0.15) is 6.61 Å². The Kier molecular flexibility index (Phi) is 3.59. The van der Waals surface area contributed by atoms with Gasteiger partial charge in [-0.1, -0.05) is 15.9 Å². The van der Waals surface area contributed by atoms with E-state index in [4.69, 9.17) is 9.47 Å². The summed E-state index contributed by atoms with van der Waals surface area (Å²) in [5.41, 5.74) is 0. The molecular weight excluding hydrogens is 263 g/mol. The van der Waals surface area contributed by atoms with E-state index < -0.39 is 0 Å². The Morgan fingerprint density at radius 1 is 1.53 bits per heavy atom. The molecular formula is C11H12BrFO2. The van der Waals surface area contributed by atoms with E-state index in [-0.39, 0.29) is 17.7 Å². The van der Waals surface area contributed by atoms with E-state index in [1.807, 2.05) is 0 Å². The normalized spacial score (nSPS) is 20.5. The molecule has 0 saturated carbocycles. The lowest BCUT2D eigenvalue weighted by molar-refractivity contribution is 0.0666. The van der Waals surface area contributed by atoms with Gasteiger partial charge in [0.15, 0.2) is 11.6 Å². The molecule has 0 bridgehead atoms. The summed E-state index contributed by atoms with van der Waals surface area (Å²) >= 11 is 3.19. The van der Waals surface area contributed by atoms with Gasteiger partial charge in [-0.15, -0.1) is 0 Å². The highest BCUT2D eigenvalue weighted by Crippen LogP contribution is 2.22. The van der Waals surface area contributed by atoms with Gasteiger partial charge in [-0.05, 0) is 31.0 Å². The quantitative estimate of drug-likeness (QED) is 0.843. The van der Waals surface area contributed by atoms with Crippen LogP contribution < -0.4 is 4.74 Å². The number of benzene rings is 1. The molecule has 15 heavy (non-hydrogen) atoms. The first-order valence-electron chi connectivity index (χ1n) is 4.95. The van der Waals surface area contributed by atoms with Crippen LogP contribution in [0.5, 0.6) is 5.75 Å². The van der Waals surface area contributed by atoms with E-state index in [1.165, 1.54) is 6.07 Å². The number of rotatable bonds is 3. The van der Waals surface area contributed by atoms with Gasteiger partial charge < -0.3 is 9.47 Å². The molecule has 1 heterocycles. The lowest BCUT2D eigenvalue weighted by Gasteiger charge is -2.11. The van der Waals surface area contributed by atoms with Crippen molar-refractivity contribution in [3.63, 3.8) is 0 Å². The summed E-state index contributed by atoms with van der Waals surface area (Å²) in [6, 6.07) is 4.77. The smallest absolute Gasteiger partial charge is 0.166 e. The zero-order valence-electron chi connectivity index (χ0n) is 8.21. The van der Waals surface area contributed by atoms with Crippen LogP contribution in [-0.2, 0) is 4.74 Å². The first-order valence-corrected chi connectivity index (χ1v) is 5.74. The second kappa shape index (κ2) is 4.94. The highest BCUT2D eigenvalue weighted by atomic mass is 79.9. The third-order valence-electron chi connectivity index (χ3n) is 2.34. The van der Waals surface area contributed by atoms with Crippen molar-refractivity contribution < 1.29 is 13.9 Å². The van der Waals surface area contributed by atoms with Crippen molar-refractivity contribution in [2.24, 2.45) is 0 Å². The fraction of sp³-hybridized carbons (Fsp3) is 0.455. The fourth-order valence-electron chi connectivity index (χ4n) is 1.55. The van der Waals surface area contributed by atoms with Crippen LogP contribution in [0.1, 0.15) is 12.8 Å². The van der Waals surface area contributed by atoms with E-state index in [1.54, 1.807) is 12.1 Å². The predicted octanol–water partition coefficient (Wildman–Crippen LogP) is 3.15. The van der Waals surface area contributed by atoms with Crippen molar-refractivity contribution in [1.82, 2.24) is 0 Å². The number of ether oxygens (including phenoxy) is 2. The largest absolute Gasteiger partial charge is 0.488 e. The molecule has 1 unspecified atom stereocenters. The zero-order valence-corrected chi connectivity index (χ0v) is 9.80. The molecule has 1 aliphatic rings. The predicted molar refractivity (Wildman–Crippen MR) is 58.6 cm³/mol. The molecule has 1 aromatic rings. The highest BCUT2D eigenvalue weighted by Gasteiger charge is 2.16. The molecule has 0 aliphatic carbocycles. The van der Waals surface area contributed by atoms with Crippen molar-refractivity contribution in [2.75, 3.05) is 13.2 Å². The lowest BCUT2D eigenvalue weighted by atomic mass is 10.2. The van der Waals surface area contributed by atoms with E-state index in [9.17, 15) is 4.39 Å². The Morgan fingerprint density at radius 3 is 3.07 bits per heavy atom. The monoisotopic (exact) mass is 274 g/mol. The topological polar surface area (TPSA) is 18.5 Å².